The molecule has 0 aromatic rings. The van der Waals surface area contributed by atoms with E-state index < -0.39 is 0 Å². The summed E-state index contributed by atoms with van der Waals surface area (Å²) in [6.07, 6.45) is 0.570. The summed E-state index contributed by atoms with van der Waals surface area (Å²) >= 11 is 0. The minimum Gasteiger partial charge on any atom is -0.383 e. The summed E-state index contributed by atoms with van der Waals surface area (Å²) in [5, 5.41) is 8.50. The van der Waals surface area contributed by atoms with Gasteiger partial charge >= 0.3 is 0 Å². The van der Waals surface area contributed by atoms with Gasteiger partial charge in [-0.2, -0.15) is 5.26 Å². The molecule has 0 aliphatic carbocycles. The molecule has 0 aromatic heterocycles. The maximum Gasteiger partial charge on any atom is 0.0635 e. The van der Waals surface area contributed by atoms with Gasteiger partial charge in [0.05, 0.1) is 12.7 Å². The topological polar surface area (TPSA) is 62.3 Å². The predicted octanol–water partition coefficient (Wildman–Crippen LogP) is 0.443. The summed E-state index contributed by atoms with van der Waals surface area (Å²) in [6, 6.07) is 2.15. The van der Waals surface area contributed by atoms with Crippen molar-refractivity contribution in [3.63, 3.8) is 0 Å². The lowest BCUT2D eigenvalue weighted by molar-refractivity contribution is 0.140. The smallest absolute Gasteiger partial charge is 0.0635 e. The molecular formula is C10H21N3O. The minimum absolute atomic E-state index is 0.477. The van der Waals surface area contributed by atoms with Gasteiger partial charge in [-0.3, -0.25) is 4.90 Å². The van der Waals surface area contributed by atoms with Crippen molar-refractivity contribution in [3.05, 3.63) is 0 Å². The zero-order valence-electron chi connectivity index (χ0n) is 9.20. The molecule has 1 atom stereocenters. The Balaban J connectivity index is 3.78. The van der Waals surface area contributed by atoms with Gasteiger partial charge in [-0.05, 0) is 12.5 Å². The van der Waals surface area contributed by atoms with Crippen molar-refractivity contribution in [2.75, 3.05) is 39.9 Å². The molecule has 0 aromatic carbocycles. The zero-order chi connectivity index (χ0) is 10.8. The summed E-state index contributed by atoms with van der Waals surface area (Å²) in [6.45, 7) is 6.15. The Morgan fingerprint density at radius 2 is 2.21 bits per heavy atom. The minimum atomic E-state index is 0.477. The fourth-order valence-corrected chi connectivity index (χ4v) is 1.24. The maximum atomic E-state index is 8.50. The number of nitriles is 1. The Bertz CT molecular complexity index is 167. The molecule has 4 nitrogen and oxygen atoms in total. The van der Waals surface area contributed by atoms with Crippen molar-refractivity contribution >= 4 is 0 Å². The highest BCUT2D eigenvalue weighted by molar-refractivity contribution is 4.73. The zero-order valence-corrected chi connectivity index (χ0v) is 9.20. The Morgan fingerprint density at radius 3 is 2.71 bits per heavy atom. The number of nitrogens with zero attached hydrogens (tertiary/aromatic N) is 2. The molecular weight excluding hydrogens is 178 g/mol. The molecule has 0 bridgehead atoms. The molecule has 0 aliphatic rings. The molecule has 0 rings (SSSR count). The maximum absolute atomic E-state index is 8.50. The van der Waals surface area contributed by atoms with Crippen LogP contribution in [0.15, 0.2) is 0 Å². The van der Waals surface area contributed by atoms with Gasteiger partial charge < -0.3 is 10.5 Å². The van der Waals surface area contributed by atoms with E-state index in [9.17, 15) is 0 Å². The van der Waals surface area contributed by atoms with Crippen molar-refractivity contribution in [3.8, 4) is 6.07 Å². The van der Waals surface area contributed by atoms with Gasteiger partial charge in [0.1, 0.15) is 0 Å². The van der Waals surface area contributed by atoms with Crippen molar-refractivity contribution in [1.29, 1.82) is 5.26 Å². The van der Waals surface area contributed by atoms with Gasteiger partial charge in [-0.15, -0.1) is 0 Å². The fourth-order valence-electron chi connectivity index (χ4n) is 1.24. The van der Waals surface area contributed by atoms with Crippen LogP contribution in [0, 0.1) is 17.2 Å². The molecule has 1 unspecified atom stereocenters. The standard InChI is InChI=1S/C10H21N3O/c1-10(8-12)9-13(5-3-4-11)6-7-14-2/h10H,3,5-9,12H2,1-2H3. The number of hydrogen-bond donors (Lipinski definition) is 1. The van der Waals surface area contributed by atoms with Gasteiger partial charge in [0.15, 0.2) is 0 Å². The highest BCUT2D eigenvalue weighted by Gasteiger charge is 2.08. The van der Waals surface area contributed by atoms with Crippen molar-refractivity contribution < 1.29 is 4.74 Å². The Kier molecular flexibility index (Phi) is 8.54. The van der Waals surface area contributed by atoms with E-state index in [4.69, 9.17) is 15.7 Å². The normalized spacial score (nSPS) is 12.8. The molecule has 0 amide bonds. The second-order valence-electron chi connectivity index (χ2n) is 3.54. The molecule has 82 valence electrons. The summed E-state index contributed by atoms with van der Waals surface area (Å²) in [5.41, 5.74) is 5.55. The average Bonchev–Trinajstić information content (AvgIpc) is 2.21. The van der Waals surface area contributed by atoms with Crippen LogP contribution in [0.1, 0.15) is 13.3 Å². The van der Waals surface area contributed by atoms with E-state index in [2.05, 4.69) is 17.9 Å². The van der Waals surface area contributed by atoms with Crippen LogP contribution < -0.4 is 5.73 Å². The van der Waals surface area contributed by atoms with E-state index >= 15 is 0 Å². The monoisotopic (exact) mass is 199 g/mol. The van der Waals surface area contributed by atoms with Crippen molar-refractivity contribution in [2.24, 2.45) is 11.7 Å². The van der Waals surface area contributed by atoms with E-state index in [1.807, 2.05) is 0 Å². The molecule has 14 heavy (non-hydrogen) atoms. The van der Waals surface area contributed by atoms with E-state index in [0.717, 1.165) is 19.6 Å². The van der Waals surface area contributed by atoms with Gasteiger partial charge in [0, 0.05) is 33.2 Å². The lowest BCUT2D eigenvalue weighted by Crippen LogP contribution is -2.34. The van der Waals surface area contributed by atoms with Gasteiger partial charge in [-0.25, -0.2) is 0 Å². The summed E-state index contributed by atoms with van der Waals surface area (Å²) in [4.78, 5) is 2.23. The Hall–Kier alpha value is -0.630. The first-order chi connectivity index (χ1) is 6.74. The van der Waals surface area contributed by atoms with E-state index in [1.165, 1.54) is 0 Å². The van der Waals surface area contributed by atoms with Crippen LogP contribution in [0.4, 0.5) is 0 Å². The predicted molar refractivity (Wildman–Crippen MR) is 56.8 cm³/mol. The fraction of sp³-hybridized carbons (Fsp3) is 0.900. The second kappa shape index (κ2) is 8.95. The van der Waals surface area contributed by atoms with Gasteiger partial charge in [0.2, 0.25) is 0 Å². The molecule has 0 aliphatic heterocycles. The Morgan fingerprint density at radius 1 is 1.50 bits per heavy atom. The molecule has 0 heterocycles. The lowest BCUT2D eigenvalue weighted by Gasteiger charge is -2.23. The third kappa shape index (κ3) is 6.84. The SMILES string of the molecule is COCCN(CCC#N)CC(C)CN. The number of hydrogen-bond acceptors (Lipinski definition) is 4. The number of ether oxygens (including phenoxy) is 1. The van der Waals surface area contributed by atoms with Crippen LogP contribution in [-0.2, 0) is 4.74 Å². The number of rotatable bonds is 8. The van der Waals surface area contributed by atoms with Crippen LogP contribution >= 0.6 is 0 Å². The highest BCUT2D eigenvalue weighted by Crippen LogP contribution is 1.99. The number of methoxy groups -OCH3 is 1. The molecule has 0 saturated heterocycles. The molecule has 0 saturated carbocycles. The van der Waals surface area contributed by atoms with Gasteiger partial charge in [0.25, 0.3) is 0 Å². The van der Waals surface area contributed by atoms with Crippen LogP contribution in [-0.4, -0.2) is 44.8 Å². The van der Waals surface area contributed by atoms with E-state index in [0.29, 0.717) is 25.5 Å². The number of nitrogens with two attached hydrogens (primary N) is 1. The first-order valence-electron chi connectivity index (χ1n) is 5.02. The van der Waals surface area contributed by atoms with E-state index in [-0.39, 0.29) is 0 Å². The van der Waals surface area contributed by atoms with Crippen LogP contribution in [0.2, 0.25) is 0 Å². The summed E-state index contributed by atoms with van der Waals surface area (Å²) in [5.74, 6) is 0.477. The molecule has 2 N–H and O–H groups in total. The molecule has 0 radical (unpaired) electrons. The summed E-state index contributed by atoms with van der Waals surface area (Å²) < 4.78 is 5.01. The third-order valence-electron chi connectivity index (χ3n) is 2.12. The third-order valence-corrected chi connectivity index (χ3v) is 2.12. The Labute approximate surface area is 86.6 Å². The quantitative estimate of drug-likeness (QED) is 0.616. The second-order valence-corrected chi connectivity index (χ2v) is 3.54. The summed E-state index contributed by atoms with van der Waals surface area (Å²) in [7, 11) is 1.69. The van der Waals surface area contributed by atoms with Crippen LogP contribution in [0.25, 0.3) is 0 Å². The lowest BCUT2D eigenvalue weighted by atomic mass is 10.1. The average molecular weight is 199 g/mol. The van der Waals surface area contributed by atoms with Crippen molar-refractivity contribution in [2.45, 2.75) is 13.3 Å². The van der Waals surface area contributed by atoms with E-state index in [1.54, 1.807) is 7.11 Å². The molecule has 0 spiro atoms. The highest BCUT2D eigenvalue weighted by atomic mass is 16.5. The first kappa shape index (κ1) is 13.4. The molecule has 0 fully saturated rings. The van der Waals surface area contributed by atoms with Crippen molar-refractivity contribution in [1.82, 2.24) is 4.90 Å². The largest absolute Gasteiger partial charge is 0.383 e. The van der Waals surface area contributed by atoms with Crippen LogP contribution in [0.3, 0.4) is 0 Å². The molecule has 4 heteroatoms. The first-order valence-corrected chi connectivity index (χ1v) is 5.02. The van der Waals surface area contributed by atoms with Crippen LogP contribution in [0.5, 0.6) is 0 Å². The van der Waals surface area contributed by atoms with Gasteiger partial charge in [-0.1, -0.05) is 6.92 Å².